The molecule has 2 unspecified atom stereocenters. The van der Waals surface area contributed by atoms with Crippen molar-refractivity contribution in [3.63, 3.8) is 0 Å². The van der Waals surface area contributed by atoms with Crippen molar-refractivity contribution in [2.75, 3.05) is 0 Å². The van der Waals surface area contributed by atoms with Gasteiger partial charge in [0.15, 0.2) is 0 Å². The van der Waals surface area contributed by atoms with Gasteiger partial charge < -0.3 is 15.0 Å². The van der Waals surface area contributed by atoms with Gasteiger partial charge in [0.2, 0.25) is 5.91 Å². The van der Waals surface area contributed by atoms with E-state index in [1.165, 1.54) is 5.56 Å². The van der Waals surface area contributed by atoms with Gasteiger partial charge in [0.05, 0.1) is 6.10 Å². The Morgan fingerprint density at radius 3 is 2.85 bits per heavy atom. The fourth-order valence-corrected chi connectivity index (χ4v) is 2.61. The molecular weight excluding hydrogens is 252 g/mol. The summed E-state index contributed by atoms with van der Waals surface area (Å²) < 4.78 is 1.90. The predicted octanol–water partition coefficient (Wildman–Crippen LogP) is 2.41. The van der Waals surface area contributed by atoms with Crippen LogP contribution < -0.4 is 5.32 Å². The highest BCUT2D eigenvalue weighted by molar-refractivity contribution is 5.76. The third-order valence-electron chi connectivity index (χ3n) is 4.24. The molecule has 0 bridgehead atoms. The zero-order valence-corrected chi connectivity index (χ0v) is 12.7. The number of hydrogen-bond donors (Lipinski definition) is 2. The number of aliphatic hydroxyl groups excluding tert-OH is 1. The summed E-state index contributed by atoms with van der Waals surface area (Å²) in [6.45, 7) is 6.55. The van der Waals surface area contributed by atoms with Crippen molar-refractivity contribution in [1.29, 1.82) is 0 Å². The second-order valence-corrected chi connectivity index (χ2v) is 6.27. The van der Waals surface area contributed by atoms with Crippen molar-refractivity contribution in [2.45, 2.75) is 65.1 Å². The van der Waals surface area contributed by atoms with Crippen molar-refractivity contribution in [2.24, 2.45) is 5.92 Å². The largest absolute Gasteiger partial charge is 0.388 e. The van der Waals surface area contributed by atoms with Crippen molar-refractivity contribution >= 4 is 5.91 Å². The lowest BCUT2D eigenvalue weighted by Gasteiger charge is -2.17. The highest BCUT2D eigenvalue weighted by Gasteiger charge is 2.19. The fourth-order valence-electron chi connectivity index (χ4n) is 2.61. The first kappa shape index (κ1) is 15.1. The molecule has 4 nitrogen and oxygen atoms in total. The molecule has 1 aliphatic rings. The van der Waals surface area contributed by atoms with E-state index in [1.54, 1.807) is 0 Å². The Balaban J connectivity index is 2.00. The van der Waals surface area contributed by atoms with Crippen LogP contribution in [0.1, 0.15) is 57.3 Å². The van der Waals surface area contributed by atoms with Gasteiger partial charge in [0.1, 0.15) is 6.54 Å². The smallest absolute Gasteiger partial charge is 0.240 e. The number of carbonyl (C=O) groups excluding carboxylic acids is 1. The van der Waals surface area contributed by atoms with Gasteiger partial charge in [-0.05, 0) is 37.7 Å². The molecule has 0 fully saturated rings. The van der Waals surface area contributed by atoms with E-state index in [0.29, 0.717) is 12.5 Å². The van der Waals surface area contributed by atoms with E-state index in [0.717, 1.165) is 31.2 Å². The van der Waals surface area contributed by atoms with Gasteiger partial charge in [0, 0.05) is 24.0 Å². The van der Waals surface area contributed by atoms with E-state index in [-0.39, 0.29) is 18.1 Å². The first-order valence-corrected chi connectivity index (χ1v) is 7.63. The van der Waals surface area contributed by atoms with E-state index in [4.69, 9.17) is 0 Å². The van der Waals surface area contributed by atoms with Crippen LogP contribution in [0.25, 0.3) is 0 Å². The second kappa shape index (κ2) is 6.44. The number of amides is 1. The molecule has 0 aromatic carbocycles. The SMILES string of the molecule is CC(C)C(C)NC(=O)Cn1cc2c(c1)C(O)CCCC2. The molecule has 4 heteroatoms. The Bertz CT molecular complexity index is 465. The third kappa shape index (κ3) is 3.63. The molecule has 1 heterocycles. The third-order valence-corrected chi connectivity index (χ3v) is 4.24. The Morgan fingerprint density at radius 2 is 2.15 bits per heavy atom. The van der Waals surface area contributed by atoms with Crippen LogP contribution in [0.3, 0.4) is 0 Å². The topological polar surface area (TPSA) is 54.3 Å². The van der Waals surface area contributed by atoms with Crippen molar-refractivity contribution in [3.8, 4) is 0 Å². The molecule has 0 saturated heterocycles. The summed E-state index contributed by atoms with van der Waals surface area (Å²) in [7, 11) is 0. The number of aromatic nitrogens is 1. The minimum atomic E-state index is -0.369. The lowest BCUT2D eigenvalue weighted by Crippen LogP contribution is -2.37. The fraction of sp³-hybridized carbons (Fsp3) is 0.688. The van der Waals surface area contributed by atoms with Crippen molar-refractivity contribution in [1.82, 2.24) is 9.88 Å². The number of rotatable bonds is 4. The summed E-state index contributed by atoms with van der Waals surface area (Å²) in [5, 5.41) is 13.1. The second-order valence-electron chi connectivity index (χ2n) is 6.27. The summed E-state index contributed by atoms with van der Waals surface area (Å²) in [4.78, 5) is 12.0. The molecule has 2 atom stereocenters. The molecule has 1 aliphatic carbocycles. The normalized spacial score (nSPS) is 20.4. The maximum absolute atomic E-state index is 12.0. The molecule has 0 spiro atoms. The maximum atomic E-state index is 12.0. The summed E-state index contributed by atoms with van der Waals surface area (Å²) in [5.41, 5.74) is 2.20. The zero-order chi connectivity index (χ0) is 14.7. The van der Waals surface area contributed by atoms with Gasteiger partial charge in [-0.15, -0.1) is 0 Å². The molecule has 20 heavy (non-hydrogen) atoms. The number of nitrogens with one attached hydrogen (secondary N) is 1. The van der Waals surface area contributed by atoms with E-state index in [2.05, 4.69) is 19.2 Å². The Kier molecular flexibility index (Phi) is 4.86. The molecule has 112 valence electrons. The molecule has 0 aliphatic heterocycles. The van der Waals surface area contributed by atoms with E-state index < -0.39 is 0 Å². The van der Waals surface area contributed by atoms with Crippen LogP contribution in [0.15, 0.2) is 12.4 Å². The Morgan fingerprint density at radius 1 is 1.40 bits per heavy atom. The Hall–Kier alpha value is -1.29. The molecule has 0 radical (unpaired) electrons. The van der Waals surface area contributed by atoms with Gasteiger partial charge in [-0.2, -0.15) is 0 Å². The van der Waals surface area contributed by atoms with Gasteiger partial charge in [-0.3, -0.25) is 4.79 Å². The maximum Gasteiger partial charge on any atom is 0.240 e. The van der Waals surface area contributed by atoms with Crippen LogP contribution in [0.5, 0.6) is 0 Å². The van der Waals surface area contributed by atoms with Gasteiger partial charge in [0.25, 0.3) is 0 Å². The predicted molar refractivity (Wildman–Crippen MR) is 79.4 cm³/mol. The average Bonchev–Trinajstić information content (AvgIpc) is 2.69. The van der Waals surface area contributed by atoms with Gasteiger partial charge >= 0.3 is 0 Å². The van der Waals surface area contributed by atoms with Crippen LogP contribution >= 0.6 is 0 Å². The summed E-state index contributed by atoms with van der Waals surface area (Å²) in [5.74, 6) is 0.466. The Labute approximate surface area is 121 Å². The number of hydrogen-bond acceptors (Lipinski definition) is 2. The lowest BCUT2D eigenvalue weighted by atomic mass is 10.1. The van der Waals surface area contributed by atoms with E-state index >= 15 is 0 Å². The van der Waals surface area contributed by atoms with Crippen LogP contribution in [-0.2, 0) is 17.8 Å². The van der Waals surface area contributed by atoms with Crippen molar-refractivity contribution in [3.05, 3.63) is 23.5 Å². The number of carbonyl (C=O) groups is 1. The van der Waals surface area contributed by atoms with Crippen LogP contribution in [0.4, 0.5) is 0 Å². The molecule has 1 aromatic heterocycles. The average molecular weight is 278 g/mol. The molecule has 1 aromatic rings. The highest BCUT2D eigenvalue weighted by atomic mass is 16.3. The monoisotopic (exact) mass is 278 g/mol. The van der Waals surface area contributed by atoms with Gasteiger partial charge in [-0.1, -0.05) is 20.3 Å². The molecule has 1 amide bonds. The molecule has 2 rings (SSSR count). The molecule has 2 N–H and O–H groups in total. The minimum absolute atomic E-state index is 0.0332. The first-order valence-electron chi connectivity index (χ1n) is 7.63. The molecule has 0 saturated carbocycles. The quantitative estimate of drug-likeness (QED) is 0.831. The standard InChI is InChI=1S/C16H26N2O2/c1-11(2)12(3)17-16(20)10-18-8-13-6-4-5-7-15(19)14(13)9-18/h8-9,11-12,15,19H,4-7,10H2,1-3H3,(H,17,20). The summed E-state index contributed by atoms with van der Waals surface area (Å²) in [6, 6.07) is 0.182. The van der Waals surface area contributed by atoms with Crippen LogP contribution in [-0.4, -0.2) is 21.6 Å². The molecular formula is C16H26N2O2. The zero-order valence-electron chi connectivity index (χ0n) is 12.7. The number of aryl methyl sites for hydroxylation is 1. The highest BCUT2D eigenvalue weighted by Crippen LogP contribution is 2.29. The summed E-state index contributed by atoms with van der Waals surface area (Å²) >= 11 is 0. The lowest BCUT2D eigenvalue weighted by molar-refractivity contribution is -0.122. The number of aliphatic hydroxyl groups is 1. The number of nitrogens with zero attached hydrogens (tertiary/aromatic N) is 1. The van der Waals surface area contributed by atoms with Crippen LogP contribution in [0.2, 0.25) is 0 Å². The van der Waals surface area contributed by atoms with E-state index in [9.17, 15) is 9.90 Å². The van der Waals surface area contributed by atoms with Crippen molar-refractivity contribution < 1.29 is 9.90 Å². The van der Waals surface area contributed by atoms with E-state index in [1.807, 2.05) is 23.9 Å². The van der Waals surface area contributed by atoms with Crippen LogP contribution in [0, 0.1) is 5.92 Å². The summed E-state index contributed by atoms with van der Waals surface area (Å²) in [6.07, 6.45) is 7.60. The van der Waals surface area contributed by atoms with Gasteiger partial charge in [-0.25, -0.2) is 0 Å². The number of fused-ring (bicyclic) bond motifs is 1. The first-order chi connectivity index (χ1) is 9.47. The minimum Gasteiger partial charge on any atom is -0.388 e.